The van der Waals surface area contributed by atoms with E-state index in [0.717, 1.165) is 17.0 Å². The van der Waals surface area contributed by atoms with Gasteiger partial charge in [0.25, 0.3) is 0 Å². The van der Waals surface area contributed by atoms with Crippen LogP contribution in [0.5, 0.6) is 0 Å². The van der Waals surface area contributed by atoms with Crippen LogP contribution in [-0.2, 0) is 6.54 Å². The molecule has 112 valence electrons. The van der Waals surface area contributed by atoms with E-state index in [1.54, 1.807) is 12.5 Å². The van der Waals surface area contributed by atoms with E-state index >= 15 is 0 Å². The van der Waals surface area contributed by atoms with Crippen LogP contribution in [0.4, 0.5) is 17.5 Å². The summed E-state index contributed by atoms with van der Waals surface area (Å²) in [5.74, 6) is 1.82. The first-order valence-electron chi connectivity index (χ1n) is 6.70. The van der Waals surface area contributed by atoms with Crippen LogP contribution in [0.25, 0.3) is 0 Å². The molecular formula is C15H14ClN5O. The second-order valence-electron chi connectivity index (χ2n) is 4.64. The molecule has 0 fully saturated rings. The van der Waals surface area contributed by atoms with Gasteiger partial charge in [-0.2, -0.15) is 10.1 Å². The van der Waals surface area contributed by atoms with E-state index in [9.17, 15) is 0 Å². The monoisotopic (exact) mass is 315 g/mol. The Kier molecular flexibility index (Phi) is 4.20. The van der Waals surface area contributed by atoms with Gasteiger partial charge in [-0.25, -0.2) is 0 Å². The Labute approximate surface area is 132 Å². The van der Waals surface area contributed by atoms with Gasteiger partial charge in [0, 0.05) is 10.7 Å². The molecule has 0 unspecified atom stereocenters. The molecule has 6 nitrogen and oxygen atoms in total. The fraction of sp³-hybridized carbons (Fsp3) is 0.133. The molecular weight excluding hydrogens is 302 g/mol. The molecule has 2 N–H and O–H groups in total. The van der Waals surface area contributed by atoms with Crippen LogP contribution in [0.3, 0.4) is 0 Å². The van der Waals surface area contributed by atoms with Crippen molar-refractivity contribution in [2.75, 3.05) is 10.6 Å². The Morgan fingerprint density at radius 3 is 2.95 bits per heavy atom. The highest BCUT2D eigenvalue weighted by atomic mass is 35.5. The fourth-order valence-corrected chi connectivity index (χ4v) is 2.07. The molecule has 0 amide bonds. The van der Waals surface area contributed by atoms with Crippen LogP contribution in [0.1, 0.15) is 11.3 Å². The third kappa shape index (κ3) is 3.35. The first-order chi connectivity index (χ1) is 10.7. The molecule has 0 aliphatic rings. The number of nitrogens with one attached hydrogen (secondary N) is 2. The normalized spacial score (nSPS) is 10.5. The van der Waals surface area contributed by atoms with Crippen molar-refractivity contribution in [3.63, 3.8) is 0 Å². The van der Waals surface area contributed by atoms with Crippen LogP contribution in [-0.4, -0.2) is 15.2 Å². The van der Waals surface area contributed by atoms with E-state index in [0.29, 0.717) is 23.3 Å². The molecule has 0 radical (unpaired) electrons. The lowest BCUT2D eigenvalue weighted by Gasteiger charge is -2.09. The fourth-order valence-electron chi connectivity index (χ4n) is 1.90. The first-order valence-corrected chi connectivity index (χ1v) is 7.08. The van der Waals surface area contributed by atoms with Gasteiger partial charge in [-0.05, 0) is 36.8 Å². The minimum atomic E-state index is 0.398. The second-order valence-corrected chi connectivity index (χ2v) is 5.04. The summed E-state index contributed by atoms with van der Waals surface area (Å²) in [7, 11) is 0. The molecule has 7 heteroatoms. The zero-order valence-corrected chi connectivity index (χ0v) is 12.6. The van der Waals surface area contributed by atoms with Crippen molar-refractivity contribution < 1.29 is 4.42 Å². The van der Waals surface area contributed by atoms with Gasteiger partial charge in [0.05, 0.1) is 19.0 Å². The van der Waals surface area contributed by atoms with Gasteiger partial charge in [0.1, 0.15) is 5.76 Å². The van der Waals surface area contributed by atoms with Gasteiger partial charge in [-0.3, -0.25) is 0 Å². The second kappa shape index (κ2) is 6.44. The summed E-state index contributed by atoms with van der Waals surface area (Å²) in [6.07, 6.45) is 3.18. The minimum absolute atomic E-state index is 0.398. The number of anilines is 3. The quantitative estimate of drug-likeness (QED) is 0.746. The highest BCUT2D eigenvalue weighted by Gasteiger charge is 2.06. The summed E-state index contributed by atoms with van der Waals surface area (Å²) in [5.41, 5.74) is 1.78. The highest BCUT2D eigenvalue weighted by molar-refractivity contribution is 6.31. The predicted octanol–water partition coefficient (Wildman–Crippen LogP) is 3.78. The SMILES string of the molecule is Cc1c(Cl)cccc1Nc1nncc(NCc2ccco2)n1. The van der Waals surface area contributed by atoms with E-state index in [-0.39, 0.29) is 0 Å². The molecule has 0 bridgehead atoms. The molecule has 0 aliphatic heterocycles. The van der Waals surface area contributed by atoms with Gasteiger partial charge in [-0.15, -0.1) is 5.10 Å². The molecule has 0 saturated heterocycles. The van der Waals surface area contributed by atoms with Gasteiger partial charge in [0.15, 0.2) is 5.82 Å². The Morgan fingerprint density at radius 2 is 2.14 bits per heavy atom. The molecule has 22 heavy (non-hydrogen) atoms. The zero-order chi connectivity index (χ0) is 15.4. The van der Waals surface area contributed by atoms with Crippen molar-refractivity contribution in [3.05, 3.63) is 59.1 Å². The smallest absolute Gasteiger partial charge is 0.249 e. The van der Waals surface area contributed by atoms with E-state index in [1.165, 1.54) is 0 Å². The maximum absolute atomic E-state index is 6.10. The maximum atomic E-state index is 6.10. The summed E-state index contributed by atoms with van der Waals surface area (Å²) in [6, 6.07) is 9.33. The summed E-state index contributed by atoms with van der Waals surface area (Å²) in [4.78, 5) is 4.36. The number of aromatic nitrogens is 3. The summed E-state index contributed by atoms with van der Waals surface area (Å²) in [6.45, 7) is 2.46. The van der Waals surface area contributed by atoms with Crippen molar-refractivity contribution in [1.82, 2.24) is 15.2 Å². The van der Waals surface area contributed by atoms with Crippen LogP contribution in [0, 0.1) is 6.92 Å². The zero-order valence-electron chi connectivity index (χ0n) is 11.9. The Balaban J connectivity index is 1.72. The largest absolute Gasteiger partial charge is 0.467 e. The van der Waals surface area contributed by atoms with E-state index in [4.69, 9.17) is 16.0 Å². The van der Waals surface area contributed by atoms with Crippen LogP contribution >= 0.6 is 11.6 Å². The average molecular weight is 316 g/mol. The molecule has 3 rings (SSSR count). The number of benzene rings is 1. The first kappa shape index (κ1) is 14.3. The van der Waals surface area contributed by atoms with E-state index < -0.39 is 0 Å². The van der Waals surface area contributed by atoms with Crippen molar-refractivity contribution >= 4 is 29.1 Å². The molecule has 2 aromatic heterocycles. The number of rotatable bonds is 5. The molecule has 2 heterocycles. The van der Waals surface area contributed by atoms with Gasteiger partial charge in [0.2, 0.25) is 5.95 Å². The van der Waals surface area contributed by atoms with Gasteiger partial charge in [-0.1, -0.05) is 17.7 Å². The lowest BCUT2D eigenvalue weighted by molar-refractivity contribution is 0.517. The number of furan rings is 1. The summed E-state index contributed by atoms with van der Waals surface area (Å²) < 4.78 is 5.25. The van der Waals surface area contributed by atoms with Crippen molar-refractivity contribution in [2.45, 2.75) is 13.5 Å². The Hall–Kier alpha value is -2.60. The van der Waals surface area contributed by atoms with Gasteiger partial charge >= 0.3 is 0 Å². The topological polar surface area (TPSA) is 75.9 Å². The van der Waals surface area contributed by atoms with E-state index in [1.807, 2.05) is 37.3 Å². The molecule has 1 aromatic carbocycles. The molecule has 0 saturated carbocycles. The summed E-state index contributed by atoms with van der Waals surface area (Å²) in [5, 5.41) is 14.8. The number of halogens is 1. The number of nitrogens with zero attached hydrogens (tertiary/aromatic N) is 3. The standard InChI is InChI=1S/C15H14ClN5O/c1-10-12(16)5-2-6-13(10)19-15-20-14(9-18-21-15)17-8-11-4-3-7-22-11/h2-7,9H,8H2,1H3,(H2,17,19,20,21). The van der Waals surface area contributed by atoms with Gasteiger partial charge < -0.3 is 15.1 Å². The third-order valence-corrected chi connectivity index (χ3v) is 3.51. The van der Waals surface area contributed by atoms with Crippen LogP contribution in [0.15, 0.2) is 47.2 Å². The Bertz CT molecular complexity index is 760. The third-order valence-electron chi connectivity index (χ3n) is 3.10. The lowest BCUT2D eigenvalue weighted by Crippen LogP contribution is -2.05. The van der Waals surface area contributed by atoms with Crippen LogP contribution < -0.4 is 10.6 Å². The summed E-state index contributed by atoms with van der Waals surface area (Å²) >= 11 is 6.10. The Morgan fingerprint density at radius 1 is 1.23 bits per heavy atom. The van der Waals surface area contributed by atoms with Crippen LogP contribution in [0.2, 0.25) is 5.02 Å². The van der Waals surface area contributed by atoms with Crippen molar-refractivity contribution in [1.29, 1.82) is 0 Å². The van der Waals surface area contributed by atoms with E-state index in [2.05, 4.69) is 25.8 Å². The van der Waals surface area contributed by atoms with Crippen molar-refractivity contribution in [3.8, 4) is 0 Å². The molecule has 3 aromatic rings. The maximum Gasteiger partial charge on any atom is 0.249 e. The van der Waals surface area contributed by atoms with Crippen molar-refractivity contribution in [2.24, 2.45) is 0 Å². The average Bonchev–Trinajstić information content (AvgIpc) is 3.04. The molecule has 0 aliphatic carbocycles. The number of hydrogen-bond acceptors (Lipinski definition) is 6. The minimum Gasteiger partial charge on any atom is -0.467 e. The highest BCUT2D eigenvalue weighted by Crippen LogP contribution is 2.24. The molecule has 0 atom stereocenters. The molecule has 0 spiro atoms. The number of hydrogen-bond donors (Lipinski definition) is 2. The predicted molar refractivity (Wildman–Crippen MR) is 85.3 cm³/mol. The lowest BCUT2D eigenvalue weighted by atomic mass is 10.2.